The van der Waals surface area contributed by atoms with Gasteiger partial charge < -0.3 is 0 Å². The summed E-state index contributed by atoms with van der Waals surface area (Å²) in [6.07, 6.45) is 7.93. The molecule has 2 rings (SSSR count). The average molecular weight is 248 g/mol. The first-order valence-electron chi connectivity index (χ1n) is 6.97. The Kier molecular flexibility index (Phi) is 4.66. The number of hydrogen-bond donors (Lipinski definition) is 2. The average Bonchev–Trinajstić information content (AvgIpc) is 2.40. The summed E-state index contributed by atoms with van der Waals surface area (Å²) < 4.78 is 0. The fourth-order valence-electron chi connectivity index (χ4n) is 2.96. The van der Waals surface area contributed by atoms with E-state index in [2.05, 4.69) is 21.7 Å². The minimum absolute atomic E-state index is 0.210. The molecule has 1 atom stereocenters. The highest BCUT2D eigenvalue weighted by molar-refractivity contribution is 5.23. The molecule has 3 N–H and O–H groups in total. The topological polar surface area (TPSA) is 63.8 Å². The molecular formula is C14H24N4. The van der Waals surface area contributed by atoms with Crippen molar-refractivity contribution in [1.82, 2.24) is 15.6 Å². The van der Waals surface area contributed by atoms with Gasteiger partial charge in [-0.1, -0.05) is 32.1 Å². The number of aryl methyl sites for hydroxylation is 2. The van der Waals surface area contributed by atoms with Crippen LogP contribution < -0.4 is 11.3 Å². The van der Waals surface area contributed by atoms with Gasteiger partial charge >= 0.3 is 0 Å². The Morgan fingerprint density at radius 1 is 1.28 bits per heavy atom. The summed E-state index contributed by atoms with van der Waals surface area (Å²) in [6.45, 7) is 3.98. The van der Waals surface area contributed by atoms with Crippen molar-refractivity contribution in [3.05, 3.63) is 23.0 Å². The van der Waals surface area contributed by atoms with Crippen LogP contribution >= 0.6 is 0 Å². The highest BCUT2D eigenvalue weighted by Crippen LogP contribution is 2.32. The molecule has 1 unspecified atom stereocenters. The monoisotopic (exact) mass is 248 g/mol. The van der Waals surface area contributed by atoms with Crippen LogP contribution in [-0.4, -0.2) is 10.2 Å². The highest BCUT2D eigenvalue weighted by atomic mass is 15.2. The van der Waals surface area contributed by atoms with Crippen molar-refractivity contribution in [2.45, 2.75) is 58.4 Å². The molecule has 1 aromatic heterocycles. The van der Waals surface area contributed by atoms with Crippen LogP contribution in [0.15, 0.2) is 6.07 Å². The summed E-state index contributed by atoms with van der Waals surface area (Å²) in [5.41, 5.74) is 6.11. The third-order valence-corrected chi connectivity index (χ3v) is 4.01. The van der Waals surface area contributed by atoms with E-state index in [0.717, 1.165) is 23.7 Å². The molecule has 1 aromatic rings. The molecule has 1 aliphatic rings. The predicted molar refractivity (Wildman–Crippen MR) is 72.8 cm³/mol. The van der Waals surface area contributed by atoms with Crippen LogP contribution in [-0.2, 0) is 0 Å². The summed E-state index contributed by atoms with van der Waals surface area (Å²) in [5.74, 6) is 6.54. The Balaban J connectivity index is 2.09. The molecule has 4 nitrogen and oxygen atoms in total. The Morgan fingerprint density at radius 2 is 2.00 bits per heavy atom. The van der Waals surface area contributed by atoms with Gasteiger partial charge in [-0.2, -0.15) is 10.2 Å². The molecule has 4 heteroatoms. The molecule has 1 fully saturated rings. The van der Waals surface area contributed by atoms with Gasteiger partial charge in [0.2, 0.25) is 0 Å². The van der Waals surface area contributed by atoms with Crippen molar-refractivity contribution >= 4 is 0 Å². The summed E-state index contributed by atoms with van der Waals surface area (Å²) >= 11 is 0. The number of nitrogens with two attached hydrogens (primary N) is 1. The van der Waals surface area contributed by atoms with E-state index in [4.69, 9.17) is 5.84 Å². The van der Waals surface area contributed by atoms with E-state index < -0.39 is 0 Å². The lowest BCUT2D eigenvalue weighted by atomic mass is 9.83. The summed E-state index contributed by atoms with van der Waals surface area (Å²) in [4.78, 5) is 0. The van der Waals surface area contributed by atoms with Gasteiger partial charge in [-0.3, -0.25) is 11.3 Å². The van der Waals surface area contributed by atoms with Crippen molar-refractivity contribution in [3.63, 3.8) is 0 Å². The Labute approximate surface area is 109 Å². The van der Waals surface area contributed by atoms with Crippen LogP contribution in [0.5, 0.6) is 0 Å². The molecule has 0 aliphatic heterocycles. The zero-order valence-corrected chi connectivity index (χ0v) is 11.4. The van der Waals surface area contributed by atoms with Gasteiger partial charge in [0.1, 0.15) is 0 Å². The largest absolute Gasteiger partial charge is 0.271 e. The molecule has 0 bridgehead atoms. The molecule has 1 heterocycles. The van der Waals surface area contributed by atoms with Crippen molar-refractivity contribution in [1.29, 1.82) is 0 Å². The number of aromatic nitrogens is 2. The molecule has 100 valence electrons. The maximum Gasteiger partial charge on any atom is 0.0648 e. The Morgan fingerprint density at radius 3 is 2.67 bits per heavy atom. The number of rotatable bonds is 4. The molecule has 0 spiro atoms. The first kappa shape index (κ1) is 13.4. The fourth-order valence-corrected chi connectivity index (χ4v) is 2.96. The Bertz CT molecular complexity index is 385. The molecular weight excluding hydrogens is 224 g/mol. The number of hydrazine groups is 1. The van der Waals surface area contributed by atoms with E-state index >= 15 is 0 Å². The van der Waals surface area contributed by atoms with Crippen LogP contribution in [0.2, 0.25) is 0 Å². The van der Waals surface area contributed by atoms with Crippen LogP contribution in [0.4, 0.5) is 0 Å². The van der Waals surface area contributed by atoms with Gasteiger partial charge in [0.15, 0.2) is 0 Å². The van der Waals surface area contributed by atoms with Gasteiger partial charge in [0.25, 0.3) is 0 Å². The minimum atomic E-state index is 0.210. The van der Waals surface area contributed by atoms with Crippen LogP contribution in [0.3, 0.4) is 0 Å². The molecule has 1 saturated carbocycles. The zero-order chi connectivity index (χ0) is 13.0. The maximum absolute atomic E-state index is 5.74. The van der Waals surface area contributed by atoms with Crippen LogP contribution in [0.1, 0.15) is 61.5 Å². The van der Waals surface area contributed by atoms with E-state index in [0.29, 0.717) is 0 Å². The van der Waals surface area contributed by atoms with Crippen molar-refractivity contribution in [2.24, 2.45) is 11.8 Å². The molecule has 1 aliphatic carbocycles. The second-order valence-corrected chi connectivity index (χ2v) is 5.49. The summed E-state index contributed by atoms with van der Waals surface area (Å²) in [7, 11) is 0. The molecule has 0 amide bonds. The molecule has 0 radical (unpaired) electrons. The van der Waals surface area contributed by atoms with Gasteiger partial charge in [-0.05, 0) is 37.8 Å². The minimum Gasteiger partial charge on any atom is -0.271 e. The molecule has 0 aromatic carbocycles. The fraction of sp³-hybridized carbons (Fsp3) is 0.714. The highest BCUT2D eigenvalue weighted by Gasteiger charge is 2.21. The number of nitrogens with zero attached hydrogens (tertiary/aromatic N) is 2. The predicted octanol–water partition coefficient (Wildman–Crippen LogP) is 2.57. The smallest absolute Gasteiger partial charge is 0.0648 e. The second kappa shape index (κ2) is 6.25. The van der Waals surface area contributed by atoms with E-state index in [-0.39, 0.29) is 6.04 Å². The molecule has 0 saturated heterocycles. The maximum atomic E-state index is 5.74. The SMILES string of the molecule is Cc1cc(C(CC2CCCCC2)NN)c(C)nn1. The number of nitrogens with one attached hydrogen (secondary N) is 1. The van der Waals surface area contributed by atoms with E-state index in [1.54, 1.807) is 0 Å². The third kappa shape index (κ3) is 3.27. The second-order valence-electron chi connectivity index (χ2n) is 5.49. The zero-order valence-electron chi connectivity index (χ0n) is 11.4. The first-order chi connectivity index (χ1) is 8.70. The standard InChI is InChI=1S/C14H24N4/c1-10-8-13(11(2)18-17-10)14(16-15)9-12-6-4-3-5-7-12/h8,12,14,16H,3-7,9,15H2,1-2H3. The van der Waals surface area contributed by atoms with Crippen molar-refractivity contribution in [2.75, 3.05) is 0 Å². The number of hydrogen-bond acceptors (Lipinski definition) is 4. The van der Waals surface area contributed by atoms with Gasteiger partial charge in [0.05, 0.1) is 11.4 Å². The lowest BCUT2D eigenvalue weighted by Crippen LogP contribution is -2.31. The summed E-state index contributed by atoms with van der Waals surface area (Å²) in [6, 6.07) is 2.32. The lowest BCUT2D eigenvalue weighted by molar-refractivity contribution is 0.300. The van der Waals surface area contributed by atoms with Crippen molar-refractivity contribution in [3.8, 4) is 0 Å². The van der Waals surface area contributed by atoms with E-state index in [1.165, 1.54) is 37.7 Å². The van der Waals surface area contributed by atoms with E-state index in [1.807, 2.05) is 13.8 Å². The van der Waals surface area contributed by atoms with Crippen LogP contribution in [0, 0.1) is 19.8 Å². The summed E-state index contributed by atoms with van der Waals surface area (Å²) in [5, 5.41) is 8.28. The van der Waals surface area contributed by atoms with Crippen molar-refractivity contribution < 1.29 is 0 Å². The van der Waals surface area contributed by atoms with Gasteiger partial charge in [0, 0.05) is 6.04 Å². The van der Waals surface area contributed by atoms with E-state index in [9.17, 15) is 0 Å². The van der Waals surface area contributed by atoms with Gasteiger partial charge in [-0.15, -0.1) is 0 Å². The van der Waals surface area contributed by atoms with Gasteiger partial charge in [-0.25, -0.2) is 0 Å². The first-order valence-corrected chi connectivity index (χ1v) is 6.97. The third-order valence-electron chi connectivity index (χ3n) is 4.01. The quantitative estimate of drug-likeness (QED) is 0.635. The molecule has 18 heavy (non-hydrogen) atoms. The normalized spacial score (nSPS) is 18.8. The lowest BCUT2D eigenvalue weighted by Gasteiger charge is -2.27. The van der Waals surface area contributed by atoms with Crippen LogP contribution in [0.25, 0.3) is 0 Å². The Hall–Kier alpha value is -1.00.